The Morgan fingerprint density at radius 2 is 2.24 bits per heavy atom. The van der Waals surface area contributed by atoms with Crippen LogP contribution in [0.5, 0.6) is 0 Å². The van der Waals surface area contributed by atoms with Gasteiger partial charge in [0.05, 0.1) is 6.61 Å². The Hall–Kier alpha value is -1.20. The quantitative estimate of drug-likeness (QED) is 0.921. The Morgan fingerprint density at radius 3 is 3.05 bits per heavy atom. The third-order valence-corrected chi connectivity index (χ3v) is 4.79. The average molecular weight is 288 g/mol. The summed E-state index contributed by atoms with van der Waals surface area (Å²) in [6, 6.07) is 2.74. The van der Waals surface area contributed by atoms with E-state index in [0.29, 0.717) is 12.0 Å². The van der Waals surface area contributed by atoms with E-state index in [4.69, 9.17) is 14.7 Å². The van der Waals surface area contributed by atoms with Crippen LogP contribution in [0.25, 0.3) is 0 Å². The largest absolute Gasteiger partial charge is 0.370 e. The van der Waals surface area contributed by atoms with Gasteiger partial charge in [-0.1, -0.05) is 0 Å². The normalized spacial score (nSPS) is 29.4. The van der Waals surface area contributed by atoms with Gasteiger partial charge in [-0.25, -0.2) is 9.97 Å². The fourth-order valence-electron chi connectivity index (χ4n) is 3.46. The Bertz CT molecular complexity index is 517. The van der Waals surface area contributed by atoms with E-state index in [-0.39, 0.29) is 6.10 Å². The molecule has 0 radical (unpaired) electrons. The maximum Gasteiger partial charge on any atom is 0.161 e. The molecule has 4 rings (SSSR count). The van der Waals surface area contributed by atoms with Crippen molar-refractivity contribution in [3.05, 3.63) is 17.6 Å². The average Bonchev–Trinajstić information content (AvgIpc) is 3.25. The van der Waals surface area contributed by atoms with Crippen LogP contribution in [0.4, 0.5) is 5.82 Å². The number of hydrogen-bond acceptors (Lipinski definition) is 5. The van der Waals surface area contributed by atoms with Gasteiger partial charge in [0.2, 0.25) is 0 Å². The summed E-state index contributed by atoms with van der Waals surface area (Å²) in [4.78, 5) is 12.1. The highest BCUT2D eigenvalue weighted by molar-refractivity contribution is 5.38. The predicted octanol–water partition coefficient (Wildman–Crippen LogP) is 2.32. The first-order valence-corrected chi connectivity index (χ1v) is 8.32. The maximum absolute atomic E-state index is 6.07. The standard InChI is InChI=1S/C16H24N4O/c1-2-17-15-8-13(11-5-6-11)18-16(19-15)14-9-20-7-3-4-12(20)10-21-14/h8,11-12,14H,2-7,9-10H2,1H3,(H,17,18,19). The lowest BCUT2D eigenvalue weighted by Crippen LogP contribution is -2.42. The number of nitrogens with one attached hydrogen (secondary N) is 1. The summed E-state index contributed by atoms with van der Waals surface area (Å²) in [6.45, 7) is 5.97. The molecular formula is C16H24N4O. The van der Waals surface area contributed by atoms with Crippen molar-refractivity contribution < 1.29 is 4.74 Å². The lowest BCUT2D eigenvalue weighted by atomic mass is 10.1. The zero-order valence-electron chi connectivity index (χ0n) is 12.7. The summed E-state index contributed by atoms with van der Waals surface area (Å²) < 4.78 is 6.07. The summed E-state index contributed by atoms with van der Waals surface area (Å²) in [6.07, 6.45) is 5.14. The Labute approximate surface area is 126 Å². The Morgan fingerprint density at radius 1 is 1.33 bits per heavy atom. The molecule has 5 heteroatoms. The molecule has 1 aromatic heterocycles. The van der Waals surface area contributed by atoms with Crippen LogP contribution in [-0.4, -0.2) is 47.2 Å². The van der Waals surface area contributed by atoms with Crippen LogP contribution in [0.3, 0.4) is 0 Å². The number of nitrogens with zero attached hydrogens (tertiary/aromatic N) is 3. The number of anilines is 1. The summed E-state index contributed by atoms with van der Waals surface area (Å²) >= 11 is 0. The highest BCUT2D eigenvalue weighted by Gasteiger charge is 2.35. The SMILES string of the molecule is CCNc1cc(C2CC2)nc(C2CN3CCCC3CO2)n1. The number of hydrogen-bond donors (Lipinski definition) is 1. The molecule has 3 fully saturated rings. The molecule has 3 aliphatic rings. The molecule has 2 unspecified atom stereocenters. The van der Waals surface area contributed by atoms with Crippen LogP contribution in [0.15, 0.2) is 6.07 Å². The number of fused-ring (bicyclic) bond motifs is 1. The van der Waals surface area contributed by atoms with Crippen LogP contribution in [0.1, 0.15) is 56.1 Å². The van der Waals surface area contributed by atoms with Crippen molar-refractivity contribution in [2.24, 2.45) is 0 Å². The van der Waals surface area contributed by atoms with Crippen LogP contribution < -0.4 is 5.32 Å². The molecule has 1 aliphatic carbocycles. The van der Waals surface area contributed by atoms with Gasteiger partial charge in [0.1, 0.15) is 11.9 Å². The molecule has 1 aromatic rings. The number of aromatic nitrogens is 2. The fourth-order valence-corrected chi connectivity index (χ4v) is 3.46. The summed E-state index contributed by atoms with van der Waals surface area (Å²) in [5.41, 5.74) is 1.20. The zero-order chi connectivity index (χ0) is 14.2. The molecule has 2 aliphatic heterocycles. The third-order valence-electron chi connectivity index (χ3n) is 4.79. The number of ether oxygens (including phenoxy) is 1. The van der Waals surface area contributed by atoms with Gasteiger partial charge < -0.3 is 10.1 Å². The Kier molecular flexibility index (Phi) is 3.55. The second-order valence-electron chi connectivity index (χ2n) is 6.45. The molecule has 0 bridgehead atoms. The first-order chi connectivity index (χ1) is 10.3. The third kappa shape index (κ3) is 2.77. The highest BCUT2D eigenvalue weighted by atomic mass is 16.5. The van der Waals surface area contributed by atoms with Crippen LogP contribution in [0, 0.1) is 0 Å². The molecule has 0 aromatic carbocycles. The van der Waals surface area contributed by atoms with Crippen molar-refractivity contribution in [1.29, 1.82) is 0 Å². The van der Waals surface area contributed by atoms with E-state index in [1.54, 1.807) is 0 Å². The molecule has 1 N–H and O–H groups in total. The van der Waals surface area contributed by atoms with E-state index in [1.165, 1.54) is 37.9 Å². The highest BCUT2D eigenvalue weighted by Crippen LogP contribution is 2.40. The van der Waals surface area contributed by atoms with Crippen molar-refractivity contribution in [3.63, 3.8) is 0 Å². The van der Waals surface area contributed by atoms with Crippen molar-refractivity contribution in [2.45, 2.75) is 50.7 Å². The maximum atomic E-state index is 6.07. The number of rotatable bonds is 4. The summed E-state index contributed by atoms with van der Waals surface area (Å²) in [5, 5.41) is 3.34. The van der Waals surface area contributed by atoms with Gasteiger partial charge in [0.15, 0.2) is 5.82 Å². The van der Waals surface area contributed by atoms with Gasteiger partial charge in [-0.3, -0.25) is 4.90 Å². The smallest absolute Gasteiger partial charge is 0.161 e. The van der Waals surface area contributed by atoms with E-state index in [2.05, 4.69) is 23.2 Å². The number of morpholine rings is 1. The van der Waals surface area contributed by atoms with Crippen LogP contribution in [-0.2, 0) is 4.74 Å². The van der Waals surface area contributed by atoms with Gasteiger partial charge in [-0.15, -0.1) is 0 Å². The van der Waals surface area contributed by atoms with E-state index in [0.717, 1.165) is 31.3 Å². The van der Waals surface area contributed by atoms with E-state index < -0.39 is 0 Å². The predicted molar refractivity (Wildman–Crippen MR) is 81.5 cm³/mol. The minimum absolute atomic E-state index is 0.0375. The van der Waals surface area contributed by atoms with Crippen molar-refractivity contribution in [3.8, 4) is 0 Å². The summed E-state index contributed by atoms with van der Waals surface area (Å²) in [7, 11) is 0. The molecule has 21 heavy (non-hydrogen) atoms. The lowest BCUT2D eigenvalue weighted by molar-refractivity contribution is -0.0541. The molecule has 114 valence electrons. The van der Waals surface area contributed by atoms with Gasteiger partial charge in [0.25, 0.3) is 0 Å². The van der Waals surface area contributed by atoms with Crippen molar-refractivity contribution >= 4 is 5.82 Å². The van der Waals surface area contributed by atoms with Gasteiger partial charge in [-0.05, 0) is 39.2 Å². The Balaban J connectivity index is 1.58. The molecule has 0 spiro atoms. The van der Waals surface area contributed by atoms with Gasteiger partial charge in [-0.2, -0.15) is 0 Å². The lowest BCUT2D eigenvalue weighted by Gasteiger charge is -2.34. The molecule has 3 heterocycles. The molecule has 1 saturated carbocycles. The topological polar surface area (TPSA) is 50.3 Å². The minimum Gasteiger partial charge on any atom is -0.370 e. The van der Waals surface area contributed by atoms with Crippen LogP contribution >= 0.6 is 0 Å². The molecule has 5 nitrogen and oxygen atoms in total. The van der Waals surface area contributed by atoms with Gasteiger partial charge in [0, 0.05) is 36.8 Å². The summed E-state index contributed by atoms with van der Waals surface area (Å²) in [5.74, 6) is 2.48. The van der Waals surface area contributed by atoms with Crippen molar-refractivity contribution in [1.82, 2.24) is 14.9 Å². The first kappa shape index (κ1) is 13.5. The first-order valence-electron chi connectivity index (χ1n) is 8.32. The molecular weight excluding hydrogens is 264 g/mol. The van der Waals surface area contributed by atoms with E-state index >= 15 is 0 Å². The second kappa shape index (κ2) is 5.54. The zero-order valence-corrected chi connectivity index (χ0v) is 12.7. The molecule has 2 saturated heterocycles. The van der Waals surface area contributed by atoms with E-state index in [9.17, 15) is 0 Å². The molecule has 2 atom stereocenters. The minimum atomic E-state index is 0.0375. The second-order valence-corrected chi connectivity index (χ2v) is 6.45. The van der Waals surface area contributed by atoms with Crippen LogP contribution in [0.2, 0.25) is 0 Å². The fraction of sp³-hybridized carbons (Fsp3) is 0.750. The van der Waals surface area contributed by atoms with Crippen molar-refractivity contribution in [2.75, 3.05) is 31.6 Å². The monoisotopic (exact) mass is 288 g/mol. The van der Waals surface area contributed by atoms with Gasteiger partial charge >= 0.3 is 0 Å². The van der Waals surface area contributed by atoms with E-state index in [1.807, 2.05) is 0 Å². The molecule has 0 amide bonds.